The molecule has 2 atom stereocenters. The van der Waals surface area contributed by atoms with Gasteiger partial charge in [-0.3, -0.25) is 4.79 Å². The van der Waals surface area contributed by atoms with Crippen molar-refractivity contribution in [2.24, 2.45) is 5.92 Å². The molecule has 1 aromatic rings. The highest BCUT2D eigenvalue weighted by Crippen LogP contribution is 2.40. The summed E-state index contributed by atoms with van der Waals surface area (Å²) in [5, 5.41) is 0. The number of nitrogens with zero attached hydrogens (tertiary/aromatic N) is 1. The van der Waals surface area contributed by atoms with Crippen LogP contribution in [-0.2, 0) is 4.79 Å². The molecule has 0 bridgehead atoms. The van der Waals surface area contributed by atoms with Crippen molar-refractivity contribution < 1.29 is 4.79 Å². The summed E-state index contributed by atoms with van der Waals surface area (Å²) in [6.45, 7) is 1.80. The Morgan fingerprint density at radius 3 is 3.11 bits per heavy atom. The highest BCUT2D eigenvalue weighted by atomic mass is 35.5. The number of hydrogen-bond acceptors (Lipinski definition) is 2. The van der Waals surface area contributed by atoms with E-state index in [-0.39, 0.29) is 5.92 Å². The van der Waals surface area contributed by atoms with Gasteiger partial charge in [0.1, 0.15) is 0 Å². The van der Waals surface area contributed by atoms with E-state index < -0.39 is 0 Å². The van der Waals surface area contributed by atoms with Crippen molar-refractivity contribution in [1.82, 2.24) is 4.90 Å². The monoisotopic (exact) mass is 295 g/mol. The third-order valence-electron chi connectivity index (χ3n) is 4.11. The molecule has 2 unspecified atom stereocenters. The van der Waals surface area contributed by atoms with Crippen LogP contribution in [0.4, 0.5) is 0 Å². The summed E-state index contributed by atoms with van der Waals surface area (Å²) in [7, 11) is 0. The van der Waals surface area contributed by atoms with Crippen molar-refractivity contribution in [3.05, 3.63) is 29.8 Å². The molecule has 1 fully saturated rings. The standard InChI is InChI=1S/C15H18ClNOS/c16-7-5-11-6-8-17(9-11)15(18)13-10-19-14-4-2-1-3-12(13)14/h1-4,11,13H,5-10H2. The zero-order valence-electron chi connectivity index (χ0n) is 10.8. The summed E-state index contributed by atoms with van der Waals surface area (Å²) < 4.78 is 0. The second-order valence-electron chi connectivity index (χ2n) is 5.32. The molecular formula is C15H18ClNOS. The normalized spacial score (nSPS) is 25.6. The second-order valence-corrected chi connectivity index (χ2v) is 6.76. The van der Waals surface area contributed by atoms with Gasteiger partial charge in [-0.15, -0.1) is 23.4 Å². The molecule has 0 saturated carbocycles. The summed E-state index contributed by atoms with van der Waals surface area (Å²) in [4.78, 5) is 16.0. The highest BCUT2D eigenvalue weighted by Gasteiger charge is 2.35. The molecule has 2 aliphatic rings. The molecule has 3 rings (SSSR count). The Hall–Kier alpha value is -0.670. The van der Waals surface area contributed by atoms with Crippen LogP contribution in [0.2, 0.25) is 0 Å². The molecule has 2 nitrogen and oxygen atoms in total. The Labute approximate surface area is 123 Å². The Bertz CT molecular complexity index is 479. The lowest BCUT2D eigenvalue weighted by molar-refractivity contribution is -0.131. The van der Waals surface area contributed by atoms with E-state index in [1.165, 1.54) is 10.5 Å². The molecule has 1 amide bonds. The molecule has 102 valence electrons. The summed E-state index contributed by atoms with van der Waals surface area (Å²) >= 11 is 7.60. The number of rotatable bonds is 3. The first-order chi connectivity index (χ1) is 9.29. The summed E-state index contributed by atoms with van der Waals surface area (Å²) in [5.74, 6) is 2.58. The van der Waals surface area contributed by atoms with Crippen LogP contribution in [0.15, 0.2) is 29.2 Å². The zero-order valence-corrected chi connectivity index (χ0v) is 12.4. The van der Waals surface area contributed by atoms with Crippen LogP contribution >= 0.6 is 23.4 Å². The van der Waals surface area contributed by atoms with Gasteiger partial charge in [-0.2, -0.15) is 0 Å². The van der Waals surface area contributed by atoms with Gasteiger partial charge in [0, 0.05) is 29.6 Å². The van der Waals surface area contributed by atoms with Crippen LogP contribution in [0.25, 0.3) is 0 Å². The van der Waals surface area contributed by atoms with E-state index >= 15 is 0 Å². The van der Waals surface area contributed by atoms with Crippen molar-refractivity contribution >= 4 is 29.3 Å². The number of carbonyl (C=O) groups is 1. The number of benzene rings is 1. The molecule has 0 radical (unpaired) electrons. The number of hydrogen-bond donors (Lipinski definition) is 0. The lowest BCUT2D eigenvalue weighted by Gasteiger charge is -2.21. The first-order valence-electron chi connectivity index (χ1n) is 6.86. The average molecular weight is 296 g/mol. The van der Waals surface area contributed by atoms with Crippen LogP contribution in [0.1, 0.15) is 24.3 Å². The van der Waals surface area contributed by atoms with Gasteiger partial charge in [-0.1, -0.05) is 18.2 Å². The Morgan fingerprint density at radius 2 is 2.26 bits per heavy atom. The minimum absolute atomic E-state index is 0.0657. The van der Waals surface area contributed by atoms with Crippen molar-refractivity contribution in [3.63, 3.8) is 0 Å². The molecule has 4 heteroatoms. The van der Waals surface area contributed by atoms with Crippen LogP contribution in [0, 0.1) is 5.92 Å². The number of fused-ring (bicyclic) bond motifs is 1. The van der Waals surface area contributed by atoms with Gasteiger partial charge in [0.15, 0.2) is 0 Å². The van der Waals surface area contributed by atoms with Gasteiger partial charge in [-0.25, -0.2) is 0 Å². The zero-order chi connectivity index (χ0) is 13.2. The maximum atomic E-state index is 12.6. The fourth-order valence-electron chi connectivity index (χ4n) is 3.01. The van der Waals surface area contributed by atoms with E-state index in [2.05, 4.69) is 12.1 Å². The quantitative estimate of drug-likeness (QED) is 0.797. The fraction of sp³-hybridized carbons (Fsp3) is 0.533. The Morgan fingerprint density at radius 1 is 1.42 bits per heavy atom. The fourth-order valence-corrected chi connectivity index (χ4v) is 4.54. The van der Waals surface area contributed by atoms with Crippen LogP contribution in [0.3, 0.4) is 0 Å². The average Bonchev–Trinajstić information content (AvgIpc) is 3.05. The van der Waals surface area contributed by atoms with Gasteiger partial charge in [0.2, 0.25) is 5.91 Å². The van der Waals surface area contributed by atoms with Crippen LogP contribution < -0.4 is 0 Å². The van der Waals surface area contributed by atoms with Gasteiger partial charge in [-0.05, 0) is 30.4 Å². The van der Waals surface area contributed by atoms with Gasteiger partial charge in [0.05, 0.1) is 5.92 Å². The molecule has 0 aliphatic carbocycles. The third-order valence-corrected chi connectivity index (χ3v) is 5.51. The van der Waals surface area contributed by atoms with Gasteiger partial charge in [0.25, 0.3) is 0 Å². The molecular weight excluding hydrogens is 278 g/mol. The molecule has 0 aromatic heterocycles. The van der Waals surface area contributed by atoms with Crippen LogP contribution in [-0.4, -0.2) is 35.5 Å². The lowest BCUT2D eigenvalue weighted by atomic mass is 10.00. The van der Waals surface area contributed by atoms with Gasteiger partial charge < -0.3 is 4.90 Å². The van der Waals surface area contributed by atoms with E-state index in [1.54, 1.807) is 11.8 Å². The SMILES string of the molecule is O=C(C1CSc2ccccc21)N1CCC(CCCl)C1. The largest absolute Gasteiger partial charge is 0.342 e. The molecule has 2 aliphatic heterocycles. The maximum absolute atomic E-state index is 12.6. The Balaban J connectivity index is 1.69. The lowest BCUT2D eigenvalue weighted by Crippen LogP contribution is -2.33. The molecule has 1 aromatic carbocycles. The molecule has 0 N–H and O–H groups in total. The predicted octanol–water partition coefficient (Wildman–Crippen LogP) is 3.35. The smallest absolute Gasteiger partial charge is 0.231 e. The van der Waals surface area contributed by atoms with Crippen molar-refractivity contribution in [2.45, 2.75) is 23.7 Å². The Kier molecular flexibility index (Phi) is 4.04. The topological polar surface area (TPSA) is 20.3 Å². The molecule has 1 saturated heterocycles. The number of carbonyl (C=O) groups excluding carboxylic acids is 1. The summed E-state index contributed by atoms with van der Waals surface area (Å²) in [5.41, 5.74) is 1.22. The van der Waals surface area contributed by atoms with E-state index in [0.717, 1.165) is 31.7 Å². The number of likely N-dealkylation sites (tertiary alicyclic amines) is 1. The number of amides is 1. The van der Waals surface area contributed by atoms with E-state index in [4.69, 9.17) is 11.6 Å². The number of alkyl halides is 1. The first-order valence-corrected chi connectivity index (χ1v) is 8.38. The van der Waals surface area contributed by atoms with Crippen molar-refractivity contribution in [1.29, 1.82) is 0 Å². The van der Waals surface area contributed by atoms with Gasteiger partial charge >= 0.3 is 0 Å². The minimum Gasteiger partial charge on any atom is -0.342 e. The summed E-state index contributed by atoms with van der Waals surface area (Å²) in [6, 6.07) is 8.30. The molecule has 2 heterocycles. The number of halogens is 1. The molecule has 0 spiro atoms. The molecule has 19 heavy (non-hydrogen) atoms. The van der Waals surface area contributed by atoms with Crippen molar-refractivity contribution in [2.75, 3.05) is 24.7 Å². The van der Waals surface area contributed by atoms with E-state index in [1.807, 2.05) is 17.0 Å². The van der Waals surface area contributed by atoms with E-state index in [0.29, 0.717) is 17.7 Å². The maximum Gasteiger partial charge on any atom is 0.231 e. The summed E-state index contributed by atoms with van der Waals surface area (Å²) in [6.07, 6.45) is 2.14. The minimum atomic E-state index is 0.0657. The highest BCUT2D eigenvalue weighted by molar-refractivity contribution is 7.99. The predicted molar refractivity (Wildman–Crippen MR) is 79.9 cm³/mol. The van der Waals surface area contributed by atoms with E-state index in [9.17, 15) is 4.79 Å². The van der Waals surface area contributed by atoms with Crippen LogP contribution in [0.5, 0.6) is 0 Å². The third kappa shape index (κ3) is 2.63. The van der Waals surface area contributed by atoms with Crippen molar-refractivity contribution in [3.8, 4) is 0 Å². The first kappa shape index (κ1) is 13.3. The second kappa shape index (κ2) is 5.76. The number of thioether (sulfide) groups is 1.